The predicted molar refractivity (Wildman–Crippen MR) is 80.3 cm³/mol. The third-order valence-electron chi connectivity index (χ3n) is 2.47. The molecule has 5 nitrogen and oxygen atoms in total. The summed E-state index contributed by atoms with van der Waals surface area (Å²) in [6.07, 6.45) is 3.16. The number of anilines is 1. The quantitative estimate of drug-likeness (QED) is 0.729. The first-order chi connectivity index (χ1) is 9.74. The molecule has 0 fully saturated rings. The molecule has 0 aliphatic rings. The maximum absolute atomic E-state index is 6.07. The Morgan fingerprint density at radius 2 is 1.85 bits per heavy atom. The molecule has 0 saturated heterocycles. The highest BCUT2D eigenvalue weighted by molar-refractivity contribution is 6.34. The first-order valence-corrected chi connectivity index (χ1v) is 6.63. The van der Waals surface area contributed by atoms with E-state index in [0.717, 1.165) is 0 Å². The van der Waals surface area contributed by atoms with Crippen LogP contribution in [0.1, 0.15) is 13.8 Å². The largest absolute Gasteiger partial charge is 0.437 e. The minimum absolute atomic E-state index is 0.407. The van der Waals surface area contributed by atoms with Gasteiger partial charge in [-0.1, -0.05) is 25.4 Å². The molecule has 2 heterocycles. The number of hydrogen-bond acceptors (Lipinski definition) is 4. The van der Waals surface area contributed by atoms with Crippen LogP contribution >= 0.6 is 11.6 Å². The van der Waals surface area contributed by atoms with Crippen LogP contribution in [-0.2, 0) is 0 Å². The van der Waals surface area contributed by atoms with E-state index in [-0.39, 0.29) is 0 Å². The number of fused-ring (bicyclic) bond motifs is 1. The van der Waals surface area contributed by atoms with Crippen LogP contribution < -0.4 is 10.5 Å². The van der Waals surface area contributed by atoms with E-state index in [1.807, 2.05) is 13.8 Å². The summed E-state index contributed by atoms with van der Waals surface area (Å²) in [4.78, 5) is 4.09. The van der Waals surface area contributed by atoms with Crippen LogP contribution in [0.2, 0.25) is 5.02 Å². The molecule has 6 heteroatoms. The van der Waals surface area contributed by atoms with Crippen LogP contribution in [0.4, 0.5) is 5.69 Å². The van der Waals surface area contributed by atoms with E-state index < -0.39 is 0 Å². The van der Waals surface area contributed by atoms with E-state index in [1.165, 1.54) is 6.33 Å². The van der Waals surface area contributed by atoms with Gasteiger partial charge in [0.2, 0.25) is 5.88 Å². The van der Waals surface area contributed by atoms with Crippen molar-refractivity contribution in [2.75, 3.05) is 5.73 Å². The number of nitrogens with two attached hydrogens (primary N) is 1. The second kappa shape index (κ2) is 6.25. The number of nitrogen functional groups attached to an aromatic ring is 1. The lowest BCUT2D eigenvalue weighted by Gasteiger charge is -2.06. The molecule has 2 aromatic heterocycles. The first kappa shape index (κ1) is 14.1. The summed E-state index contributed by atoms with van der Waals surface area (Å²) in [5.41, 5.74) is 6.92. The Bertz CT molecular complexity index is 694. The molecule has 0 unspecified atom stereocenters. The highest BCUT2D eigenvalue weighted by Gasteiger charge is 2.10. The van der Waals surface area contributed by atoms with Gasteiger partial charge in [-0.25, -0.2) is 4.52 Å². The molecule has 3 rings (SSSR count). The molecule has 3 aromatic rings. The summed E-state index contributed by atoms with van der Waals surface area (Å²) in [5.74, 6) is 1.05. The minimum atomic E-state index is 0.407. The molecule has 104 valence electrons. The molecule has 0 saturated carbocycles. The molecule has 2 N–H and O–H groups in total. The highest BCUT2D eigenvalue weighted by Crippen LogP contribution is 2.29. The van der Waals surface area contributed by atoms with Crippen molar-refractivity contribution in [1.82, 2.24) is 14.6 Å². The molecule has 1 aromatic carbocycles. The van der Waals surface area contributed by atoms with Crippen molar-refractivity contribution in [2.45, 2.75) is 13.8 Å². The number of hydrogen-bond donors (Lipinski definition) is 1. The van der Waals surface area contributed by atoms with Gasteiger partial charge in [0.15, 0.2) is 0 Å². The lowest BCUT2D eigenvalue weighted by molar-refractivity contribution is 0.463. The van der Waals surface area contributed by atoms with Crippen LogP contribution in [-0.4, -0.2) is 14.6 Å². The lowest BCUT2D eigenvalue weighted by Crippen LogP contribution is -1.96. The molecule has 0 spiro atoms. The molecule has 0 radical (unpaired) electrons. The molecule has 0 aliphatic heterocycles. The number of halogens is 1. The van der Waals surface area contributed by atoms with Gasteiger partial charge in [0.25, 0.3) is 0 Å². The number of nitrogens with zero attached hydrogens (tertiary/aromatic N) is 3. The standard InChI is InChI=1S/C12H9ClN4O.C2H6/c13-10-5-6-17-11(10)12(15-7-16-17)18-9-3-1-8(14)2-4-9;1-2/h1-7H,14H2;1-2H3. The normalized spacial score (nSPS) is 9.95. The molecule has 0 bridgehead atoms. The van der Waals surface area contributed by atoms with Gasteiger partial charge in [0.05, 0.1) is 5.02 Å². The third kappa shape index (κ3) is 2.83. The van der Waals surface area contributed by atoms with Crippen LogP contribution in [0.15, 0.2) is 42.9 Å². The summed E-state index contributed by atoms with van der Waals surface area (Å²) in [5, 5.41) is 4.58. The number of ether oxygens (including phenoxy) is 1. The SMILES string of the molecule is CC.Nc1ccc(Oc2ncnn3ccc(Cl)c23)cc1. The Hall–Kier alpha value is -2.27. The van der Waals surface area contributed by atoms with Crippen molar-refractivity contribution in [2.24, 2.45) is 0 Å². The predicted octanol–water partition coefficient (Wildman–Crippen LogP) is 3.78. The number of aromatic nitrogens is 3. The van der Waals surface area contributed by atoms with E-state index in [2.05, 4.69) is 10.1 Å². The maximum Gasteiger partial charge on any atom is 0.248 e. The van der Waals surface area contributed by atoms with E-state index in [0.29, 0.717) is 27.9 Å². The Morgan fingerprint density at radius 3 is 2.55 bits per heavy atom. The van der Waals surface area contributed by atoms with Crippen LogP contribution in [0.5, 0.6) is 11.6 Å². The Kier molecular flexibility index (Phi) is 4.42. The molecular formula is C14H15ClN4O. The monoisotopic (exact) mass is 290 g/mol. The van der Waals surface area contributed by atoms with Gasteiger partial charge in [-0.2, -0.15) is 10.1 Å². The third-order valence-corrected chi connectivity index (χ3v) is 2.77. The van der Waals surface area contributed by atoms with Crippen molar-refractivity contribution in [3.05, 3.63) is 47.9 Å². The van der Waals surface area contributed by atoms with E-state index in [1.54, 1.807) is 41.0 Å². The zero-order valence-corrected chi connectivity index (χ0v) is 12.0. The molecule has 0 atom stereocenters. The Balaban J connectivity index is 0.000000704. The average Bonchev–Trinajstić information content (AvgIpc) is 2.86. The van der Waals surface area contributed by atoms with Crippen LogP contribution in [0.3, 0.4) is 0 Å². The molecular weight excluding hydrogens is 276 g/mol. The van der Waals surface area contributed by atoms with Gasteiger partial charge >= 0.3 is 0 Å². The number of rotatable bonds is 2. The van der Waals surface area contributed by atoms with Gasteiger partial charge in [0, 0.05) is 11.9 Å². The fraction of sp³-hybridized carbons (Fsp3) is 0.143. The topological polar surface area (TPSA) is 65.4 Å². The minimum Gasteiger partial charge on any atom is -0.437 e. The highest BCUT2D eigenvalue weighted by atomic mass is 35.5. The van der Waals surface area contributed by atoms with Crippen molar-refractivity contribution in [3.63, 3.8) is 0 Å². The van der Waals surface area contributed by atoms with Crippen molar-refractivity contribution in [3.8, 4) is 11.6 Å². The van der Waals surface area contributed by atoms with Gasteiger partial charge < -0.3 is 10.5 Å². The fourth-order valence-corrected chi connectivity index (χ4v) is 1.84. The second-order valence-electron chi connectivity index (χ2n) is 3.69. The molecule has 20 heavy (non-hydrogen) atoms. The summed E-state index contributed by atoms with van der Waals surface area (Å²) in [6, 6.07) is 8.79. The first-order valence-electron chi connectivity index (χ1n) is 6.25. The molecule has 0 amide bonds. The Labute approximate surface area is 122 Å². The lowest BCUT2D eigenvalue weighted by atomic mass is 10.3. The smallest absolute Gasteiger partial charge is 0.248 e. The Morgan fingerprint density at radius 1 is 1.15 bits per heavy atom. The van der Waals surface area contributed by atoms with Gasteiger partial charge in [-0.3, -0.25) is 0 Å². The van der Waals surface area contributed by atoms with Gasteiger partial charge in [-0.15, -0.1) is 0 Å². The number of benzene rings is 1. The summed E-state index contributed by atoms with van der Waals surface area (Å²) >= 11 is 6.07. The van der Waals surface area contributed by atoms with Crippen LogP contribution in [0.25, 0.3) is 5.52 Å². The average molecular weight is 291 g/mol. The van der Waals surface area contributed by atoms with E-state index >= 15 is 0 Å². The summed E-state index contributed by atoms with van der Waals surface area (Å²) < 4.78 is 7.29. The molecule has 0 aliphatic carbocycles. The van der Waals surface area contributed by atoms with Crippen molar-refractivity contribution < 1.29 is 4.74 Å². The van der Waals surface area contributed by atoms with E-state index in [9.17, 15) is 0 Å². The van der Waals surface area contributed by atoms with Crippen LogP contribution in [0, 0.1) is 0 Å². The zero-order chi connectivity index (χ0) is 14.5. The zero-order valence-electron chi connectivity index (χ0n) is 11.2. The van der Waals surface area contributed by atoms with Gasteiger partial charge in [-0.05, 0) is 30.3 Å². The van der Waals surface area contributed by atoms with E-state index in [4.69, 9.17) is 22.1 Å². The second-order valence-corrected chi connectivity index (χ2v) is 4.10. The summed E-state index contributed by atoms with van der Waals surface area (Å²) in [7, 11) is 0. The fourth-order valence-electron chi connectivity index (χ4n) is 1.61. The maximum atomic E-state index is 6.07. The van der Waals surface area contributed by atoms with Crippen molar-refractivity contribution >= 4 is 22.8 Å². The summed E-state index contributed by atoms with van der Waals surface area (Å²) in [6.45, 7) is 4.00. The van der Waals surface area contributed by atoms with Crippen molar-refractivity contribution in [1.29, 1.82) is 0 Å². The van der Waals surface area contributed by atoms with Gasteiger partial charge in [0.1, 0.15) is 17.6 Å².